The van der Waals surface area contributed by atoms with E-state index < -0.39 is 13.9 Å². The fourth-order valence-electron chi connectivity index (χ4n) is 4.01. The summed E-state index contributed by atoms with van der Waals surface area (Å²) in [7, 11) is -4.60. The quantitative estimate of drug-likeness (QED) is 0.0413. The Labute approximate surface area is 229 Å². The highest BCUT2D eigenvalue weighted by molar-refractivity contribution is 7.99. The SMILES string of the molecule is CCCCCCCCCCCCC(=O)O[C@H](COP(=O)(O)O)CSCCCCCCCCCCOC=O. The van der Waals surface area contributed by atoms with Crippen molar-refractivity contribution < 1.29 is 37.9 Å². The first-order valence-corrected chi connectivity index (χ1v) is 17.1. The zero-order valence-electron chi connectivity index (χ0n) is 23.1. The Kier molecular flexibility index (Phi) is 26.5. The first-order chi connectivity index (χ1) is 17.9. The van der Waals surface area contributed by atoms with Crippen LogP contribution in [0.3, 0.4) is 0 Å². The molecule has 0 aromatic carbocycles. The summed E-state index contributed by atoms with van der Waals surface area (Å²) in [6.07, 6.45) is 20.5. The van der Waals surface area contributed by atoms with E-state index >= 15 is 0 Å². The predicted octanol–water partition coefficient (Wildman–Crippen LogP) is 7.35. The van der Waals surface area contributed by atoms with Crippen molar-refractivity contribution in [3.63, 3.8) is 0 Å². The molecule has 0 amide bonds. The van der Waals surface area contributed by atoms with Crippen molar-refractivity contribution in [2.24, 2.45) is 0 Å². The average molecular weight is 569 g/mol. The molecular formula is C27H53O8PS. The molecule has 0 heterocycles. The highest BCUT2D eigenvalue weighted by Gasteiger charge is 2.21. The molecule has 0 fully saturated rings. The summed E-state index contributed by atoms with van der Waals surface area (Å²) in [6, 6.07) is 0. The summed E-state index contributed by atoms with van der Waals surface area (Å²) in [6.45, 7) is 2.94. The second-order valence-electron chi connectivity index (χ2n) is 9.70. The number of rotatable bonds is 29. The minimum Gasteiger partial charge on any atom is -0.468 e. The number of ether oxygens (including phenoxy) is 2. The molecule has 0 aliphatic rings. The molecule has 220 valence electrons. The molecular weight excluding hydrogens is 515 g/mol. The fraction of sp³-hybridized carbons (Fsp3) is 0.926. The van der Waals surface area contributed by atoms with Crippen molar-refractivity contribution in [2.45, 2.75) is 135 Å². The van der Waals surface area contributed by atoms with Crippen LogP contribution in [0.5, 0.6) is 0 Å². The van der Waals surface area contributed by atoms with Crippen LogP contribution in [0.4, 0.5) is 0 Å². The number of unbranched alkanes of at least 4 members (excludes halogenated alkanes) is 16. The van der Waals surface area contributed by atoms with Gasteiger partial charge in [0.1, 0.15) is 6.10 Å². The van der Waals surface area contributed by atoms with E-state index in [4.69, 9.17) is 14.5 Å². The molecule has 8 nitrogen and oxygen atoms in total. The van der Waals surface area contributed by atoms with Crippen LogP contribution in [0.1, 0.15) is 129 Å². The number of hydrogen-bond donors (Lipinski definition) is 2. The third kappa shape index (κ3) is 29.8. The molecule has 0 aliphatic heterocycles. The Morgan fingerprint density at radius 2 is 1.32 bits per heavy atom. The smallest absolute Gasteiger partial charge is 0.468 e. The van der Waals surface area contributed by atoms with E-state index in [1.54, 1.807) is 11.8 Å². The molecule has 0 saturated carbocycles. The maximum atomic E-state index is 12.2. The molecule has 37 heavy (non-hydrogen) atoms. The van der Waals surface area contributed by atoms with Crippen molar-refractivity contribution in [1.82, 2.24) is 0 Å². The monoisotopic (exact) mass is 568 g/mol. The van der Waals surface area contributed by atoms with Gasteiger partial charge in [0.2, 0.25) is 0 Å². The van der Waals surface area contributed by atoms with Gasteiger partial charge in [-0.05, 0) is 25.0 Å². The average Bonchev–Trinajstić information content (AvgIpc) is 2.85. The van der Waals surface area contributed by atoms with Crippen LogP contribution in [0.25, 0.3) is 0 Å². The van der Waals surface area contributed by atoms with Crippen LogP contribution in [0.2, 0.25) is 0 Å². The molecule has 0 aliphatic carbocycles. The van der Waals surface area contributed by atoms with Crippen molar-refractivity contribution in [3.8, 4) is 0 Å². The minimum absolute atomic E-state index is 0.293. The van der Waals surface area contributed by atoms with Crippen molar-refractivity contribution in [2.75, 3.05) is 24.7 Å². The highest BCUT2D eigenvalue weighted by Crippen LogP contribution is 2.36. The Bertz CT molecular complexity index is 573. The molecule has 2 N–H and O–H groups in total. The first kappa shape index (κ1) is 36.4. The number of phosphoric ester groups is 1. The summed E-state index contributed by atoms with van der Waals surface area (Å²) in [5.41, 5.74) is 0. The lowest BCUT2D eigenvalue weighted by Crippen LogP contribution is -2.25. The van der Waals surface area contributed by atoms with Gasteiger partial charge in [0.05, 0.1) is 13.2 Å². The molecule has 10 heteroatoms. The van der Waals surface area contributed by atoms with E-state index in [1.807, 2.05) is 0 Å². The van der Waals surface area contributed by atoms with E-state index in [2.05, 4.69) is 16.2 Å². The minimum atomic E-state index is -4.60. The van der Waals surface area contributed by atoms with Gasteiger partial charge in [-0.2, -0.15) is 11.8 Å². The Hall–Kier alpha value is -0.600. The highest BCUT2D eigenvalue weighted by atomic mass is 32.2. The van der Waals surface area contributed by atoms with Crippen molar-refractivity contribution in [3.05, 3.63) is 0 Å². The van der Waals surface area contributed by atoms with Gasteiger partial charge in [0, 0.05) is 12.2 Å². The summed E-state index contributed by atoms with van der Waals surface area (Å²) >= 11 is 1.63. The fourth-order valence-corrected chi connectivity index (χ4v) is 5.37. The van der Waals surface area contributed by atoms with Crippen molar-refractivity contribution in [1.29, 1.82) is 0 Å². The Balaban J connectivity index is 3.89. The van der Waals surface area contributed by atoms with Crippen LogP contribution in [0, 0.1) is 0 Å². The third-order valence-corrected chi connectivity index (χ3v) is 7.80. The second kappa shape index (κ2) is 27.0. The standard InChI is InChI=1S/C27H53O8PS/c1-2-3-4-5-6-7-8-11-14-17-20-27(29)35-26(23-34-36(30,31)32)24-37-22-19-16-13-10-9-12-15-18-21-33-25-28/h25-26H,2-24H2,1H3,(H2,30,31,32)/t26-/m1/s1. The van der Waals surface area contributed by atoms with Crippen LogP contribution in [-0.2, 0) is 28.2 Å². The summed E-state index contributed by atoms with van der Waals surface area (Å²) in [5.74, 6) is 1.05. The van der Waals surface area contributed by atoms with Gasteiger partial charge in [0.25, 0.3) is 6.47 Å². The normalized spacial score (nSPS) is 12.4. The lowest BCUT2D eigenvalue weighted by Gasteiger charge is -2.18. The van der Waals surface area contributed by atoms with Gasteiger partial charge in [-0.3, -0.25) is 14.1 Å². The van der Waals surface area contributed by atoms with Gasteiger partial charge < -0.3 is 19.3 Å². The van der Waals surface area contributed by atoms with Crippen LogP contribution in [0.15, 0.2) is 0 Å². The molecule has 0 bridgehead atoms. The lowest BCUT2D eigenvalue weighted by molar-refractivity contribution is -0.149. The number of thioether (sulfide) groups is 1. The molecule has 0 spiro atoms. The van der Waals surface area contributed by atoms with Crippen LogP contribution < -0.4 is 0 Å². The number of carbonyl (C=O) groups is 2. The summed E-state index contributed by atoms with van der Waals surface area (Å²) in [5, 5.41) is 0. The zero-order valence-corrected chi connectivity index (χ0v) is 24.8. The Morgan fingerprint density at radius 1 is 0.811 bits per heavy atom. The van der Waals surface area contributed by atoms with Gasteiger partial charge in [-0.15, -0.1) is 0 Å². The predicted molar refractivity (Wildman–Crippen MR) is 151 cm³/mol. The largest absolute Gasteiger partial charge is 0.469 e. The second-order valence-corrected chi connectivity index (χ2v) is 12.1. The molecule has 0 rings (SSSR count). The molecule has 0 saturated heterocycles. The number of esters is 1. The molecule has 0 radical (unpaired) electrons. The maximum Gasteiger partial charge on any atom is 0.469 e. The van der Waals surface area contributed by atoms with Gasteiger partial charge in [-0.25, -0.2) is 4.57 Å². The summed E-state index contributed by atoms with van der Waals surface area (Å²) in [4.78, 5) is 40.3. The zero-order chi connectivity index (χ0) is 27.5. The van der Waals surface area contributed by atoms with Gasteiger partial charge in [-0.1, -0.05) is 103 Å². The van der Waals surface area contributed by atoms with Gasteiger partial charge in [0.15, 0.2) is 0 Å². The number of hydrogen-bond acceptors (Lipinski definition) is 7. The molecule has 0 aromatic heterocycles. The Morgan fingerprint density at radius 3 is 1.86 bits per heavy atom. The van der Waals surface area contributed by atoms with Crippen LogP contribution in [-0.4, -0.2) is 53.1 Å². The van der Waals surface area contributed by atoms with E-state index in [0.29, 0.717) is 25.3 Å². The van der Waals surface area contributed by atoms with Crippen molar-refractivity contribution >= 4 is 32.0 Å². The lowest BCUT2D eigenvalue weighted by atomic mass is 10.1. The van der Waals surface area contributed by atoms with Crippen LogP contribution >= 0.6 is 19.6 Å². The van der Waals surface area contributed by atoms with Gasteiger partial charge >= 0.3 is 13.8 Å². The first-order valence-electron chi connectivity index (χ1n) is 14.4. The third-order valence-electron chi connectivity index (χ3n) is 6.13. The molecule has 0 unspecified atom stereocenters. The maximum absolute atomic E-state index is 12.2. The van der Waals surface area contributed by atoms with E-state index in [0.717, 1.165) is 57.1 Å². The topological polar surface area (TPSA) is 119 Å². The number of carbonyl (C=O) groups excluding carboxylic acids is 2. The number of phosphoric acid groups is 1. The van der Waals surface area contributed by atoms with E-state index in [-0.39, 0.29) is 12.6 Å². The van der Waals surface area contributed by atoms with E-state index in [9.17, 15) is 14.2 Å². The van der Waals surface area contributed by atoms with E-state index in [1.165, 1.54) is 64.2 Å². The molecule has 0 aromatic rings. The molecule has 1 atom stereocenters. The summed E-state index contributed by atoms with van der Waals surface area (Å²) < 4.78 is 25.9.